The van der Waals surface area contributed by atoms with E-state index in [2.05, 4.69) is 0 Å². The van der Waals surface area contributed by atoms with Crippen LogP contribution in [0.3, 0.4) is 0 Å². The Morgan fingerprint density at radius 1 is 0.875 bits per heavy atom. The number of hydrogen-bond donors (Lipinski definition) is 2. The topological polar surface area (TPSA) is 94.5 Å². The molecule has 0 aromatic heterocycles. The van der Waals surface area contributed by atoms with E-state index in [-0.39, 0.29) is 19.8 Å². The Kier molecular flexibility index (Phi) is 8.39. The van der Waals surface area contributed by atoms with Crippen molar-refractivity contribution in [2.24, 2.45) is 5.41 Å². The zero-order valence-corrected chi connectivity index (χ0v) is 18.7. The SMILES string of the molecule is CC(C)(C)C(=O)OC[C@H]1O[C@@H](O)[C@@H](OCc2ccccc2)[C@@H](OCc2ccccc2)[C@@H]1O. The van der Waals surface area contributed by atoms with Crippen LogP contribution >= 0.6 is 0 Å². The van der Waals surface area contributed by atoms with Crippen LogP contribution in [0.4, 0.5) is 0 Å². The lowest BCUT2D eigenvalue weighted by Crippen LogP contribution is -2.60. The van der Waals surface area contributed by atoms with E-state index in [4.69, 9.17) is 18.9 Å². The highest BCUT2D eigenvalue weighted by Crippen LogP contribution is 2.27. The van der Waals surface area contributed by atoms with Crippen LogP contribution in [0.15, 0.2) is 60.7 Å². The van der Waals surface area contributed by atoms with Crippen LogP contribution < -0.4 is 0 Å². The van der Waals surface area contributed by atoms with Crippen molar-refractivity contribution >= 4 is 5.97 Å². The van der Waals surface area contributed by atoms with Gasteiger partial charge in [-0.3, -0.25) is 4.79 Å². The van der Waals surface area contributed by atoms with Gasteiger partial charge in [-0.2, -0.15) is 0 Å². The number of hydrogen-bond acceptors (Lipinski definition) is 7. The number of benzene rings is 2. The molecule has 0 amide bonds. The Morgan fingerprint density at radius 3 is 1.88 bits per heavy atom. The van der Waals surface area contributed by atoms with Gasteiger partial charge in [-0.1, -0.05) is 60.7 Å². The zero-order valence-electron chi connectivity index (χ0n) is 18.7. The summed E-state index contributed by atoms with van der Waals surface area (Å²) in [7, 11) is 0. The van der Waals surface area contributed by atoms with Crippen molar-refractivity contribution in [3.63, 3.8) is 0 Å². The van der Waals surface area contributed by atoms with E-state index in [0.717, 1.165) is 11.1 Å². The van der Waals surface area contributed by atoms with E-state index in [1.165, 1.54) is 0 Å². The van der Waals surface area contributed by atoms with Crippen LogP contribution in [0.2, 0.25) is 0 Å². The molecule has 2 N–H and O–H groups in total. The van der Waals surface area contributed by atoms with E-state index in [1.54, 1.807) is 20.8 Å². The summed E-state index contributed by atoms with van der Waals surface area (Å²) in [6, 6.07) is 19.0. The summed E-state index contributed by atoms with van der Waals surface area (Å²) >= 11 is 0. The summed E-state index contributed by atoms with van der Waals surface area (Å²) in [5.74, 6) is -0.424. The first-order valence-corrected chi connectivity index (χ1v) is 10.8. The molecule has 32 heavy (non-hydrogen) atoms. The van der Waals surface area contributed by atoms with Crippen molar-refractivity contribution in [1.82, 2.24) is 0 Å². The third-order valence-corrected chi connectivity index (χ3v) is 5.20. The molecule has 1 aliphatic heterocycles. The molecule has 2 aromatic rings. The van der Waals surface area contributed by atoms with E-state index in [1.807, 2.05) is 60.7 Å². The maximum absolute atomic E-state index is 12.1. The van der Waals surface area contributed by atoms with E-state index in [9.17, 15) is 15.0 Å². The number of carbonyl (C=O) groups excluding carboxylic acids is 1. The summed E-state index contributed by atoms with van der Waals surface area (Å²) < 4.78 is 22.8. The normalized spacial score (nSPS) is 26.0. The molecule has 0 radical (unpaired) electrons. The number of ether oxygens (including phenoxy) is 4. The van der Waals surface area contributed by atoms with Crippen molar-refractivity contribution in [1.29, 1.82) is 0 Å². The second-order valence-corrected chi connectivity index (χ2v) is 8.93. The van der Waals surface area contributed by atoms with Gasteiger partial charge in [-0.15, -0.1) is 0 Å². The molecule has 1 saturated heterocycles. The van der Waals surface area contributed by atoms with Gasteiger partial charge in [0.2, 0.25) is 0 Å². The molecule has 174 valence electrons. The average Bonchev–Trinajstić information content (AvgIpc) is 2.78. The average molecular weight is 445 g/mol. The van der Waals surface area contributed by atoms with Crippen molar-refractivity contribution in [2.45, 2.75) is 64.7 Å². The largest absolute Gasteiger partial charge is 0.462 e. The zero-order chi connectivity index (χ0) is 23.1. The van der Waals surface area contributed by atoms with Gasteiger partial charge in [-0.25, -0.2) is 0 Å². The van der Waals surface area contributed by atoms with Crippen LogP contribution in [0.5, 0.6) is 0 Å². The third-order valence-electron chi connectivity index (χ3n) is 5.20. The molecule has 7 heteroatoms. The molecule has 3 rings (SSSR count). The van der Waals surface area contributed by atoms with Gasteiger partial charge in [0.15, 0.2) is 6.29 Å². The molecule has 1 heterocycles. The van der Waals surface area contributed by atoms with Gasteiger partial charge < -0.3 is 29.2 Å². The van der Waals surface area contributed by atoms with Crippen LogP contribution in [0.1, 0.15) is 31.9 Å². The molecule has 5 atom stereocenters. The Balaban J connectivity index is 1.70. The van der Waals surface area contributed by atoms with Crippen LogP contribution in [-0.2, 0) is 37.0 Å². The Morgan fingerprint density at radius 2 is 1.38 bits per heavy atom. The lowest BCUT2D eigenvalue weighted by atomic mass is 9.96. The van der Waals surface area contributed by atoms with Crippen LogP contribution in [0, 0.1) is 5.41 Å². The highest BCUT2D eigenvalue weighted by molar-refractivity contribution is 5.75. The van der Waals surface area contributed by atoms with Crippen molar-refractivity contribution in [3.8, 4) is 0 Å². The van der Waals surface area contributed by atoms with Gasteiger partial charge in [0.25, 0.3) is 0 Å². The summed E-state index contributed by atoms with van der Waals surface area (Å²) in [5, 5.41) is 21.6. The van der Waals surface area contributed by atoms with Crippen LogP contribution in [-0.4, -0.2) is 53.5 Å². The first-order valence-electron chi connectivity index (χ1n) is 10.8. The minimum absolute atomic E-state index is 0.203. The van der Waals surface area contributed by atoms with Gasteiger partial charge in [0.05, 0.1) is 18.6 Å². The highest BCUT2D eigenvalue weighted by atomic mass is 16.7. The number of aliphatic hydroxyl groups excluding tert-OH is 2. The van der Waals surface area contributed by atoms with Crippen LogP contribution in [0.25, 0.3) is 0 Å². The summed E-state index contributed by atoms with van der Waals surface area (Å²) in [6.07, 6.45) is -5.30. The summed E-state index contributed by atoms with van der Waals surface area (Å²) in [6.45, 7) is 5.44. The Hall–Kier alpha value is -2.29. The van der Waals surface area contributed by atoms with Crippen molar-refractivity contribution < 1.29 is 34.0 Å². The standard InChI is InChI=1S/C25H32O7/c1-25(2,3)24(28)31-16-19-20(26)21(29-14-17-10-6-4-7-11-17)22(23(27)32-19)30-15-18-12-8-5-9-13-18/h4-13,19-23,26-27H,14-16H2,1-3H3/t19-,20-,21+,22+,23-/m1/s1. The Labute approximate surface area is 188 Å². The predicted octanol–water partition coefficient (Wildman–Crippen LogP) is 2.82. The third kappa shape index (κ3) is 6.60. The quantitative estimate of drug-likeness (QED) is 0.605. The molecule has 1 fully saturated rings. The fraction of sp³-hybridized carbons (Fsp3) is 0.480. The fourth-order valence-corrected chi connectivity index (χ4v) is 3.32. The molecule has 0 unspecified atom stereocenters. The molecule has 1 aliphatic rings. The maximum Gasteiger partial charge on any atom is 0.311 e. The predicted molar refractivity (Wildman–Crippen MR) is 117 cm³/mol. The summed E-state index contributed by atoms with van der Waals surface area (Å²) in [4.78, 5) is 12.1. The second-order valence-electron chi connectivity index (χ2n) is 8.93. The molecular formula is C25H32O7. The molecule has 0 bridgehead atoms. The van der Waals surface area contributed by atoms with Crippen molar-refractivity contribution in [3.05, 3.63) is 71.8 Å². The lowest BCUT2D eigenvalue weighted by Gasteiger charge is -2.42. The molecule has 0 saturated carbocycles. The van der Waals surface area contributed by atoms with E-state index in [0.29, 0.717) is 0 Å². The van der Waals surface area contributed by atoms with Gasteiger partial charge in [-0.05, 0) is 31.9 Å². The second kappa shape index (κ2) is 11.0. The molecule has 2 aromatic carbocycles. The van der Waals surface area contributed by atoms with Gasteiger partial charge >= 0.3 is 5.97 Å². The smallest absolute Gasteiger partial charge is 0.311 e. The molecule has 7 nitrogen and oxygen atoms in total. The summed E-state index contributed by atoms with van der Waals surface area (Å²) in [5.41, 5.74) is 1.14. The lowest BCUT2D eigenvalue weighted by molar-refractivity contribution is -0.308. The molecule has 0 aliphatic carbocycles. The van der Waals surface area contributed by atoms with E-state index < -0.39 is 42.1 Å². The minimum atomic E-state index is -1.36. The number of rotatable bonds is 8. The Bertz CT molecular complexity index is 834. The highest BCUT2D eigenvalue weighted by Gasteiger charge is 2.47. The monoisotopic (exact) mass is 444 g/mol. The molecular weight excluding hydrogens is 412 g/mol. The van der Waals surface area contributed by atoms with Gasteiger partial charge in [0, 0.05) is 0 Å². The van der Waals surface area contributed by atoms with Crippen molar-refractivity contribution in [2.75, 3.05) is 6.61 Å². The minimum Gasteiger partial charge on any atom is -0.462 e. The first kappa shape index (κ1) is 24.4. The first-order chi connectivity index (χ1) is 15.3. The maximum atomic E-state index is 12.1. The number of esters is 1. The van der Waals surface area contributed by atoms with Gasteiger partial charge in [0.1, 0.15) is 31.0 Å². The number of carbonyl (C=O) groups is 1. The number of aliphatic hydroxyl groups is 2. The van der Waals surface area contributed by atoms with E-state index >= 15 is 0 Å². The molecule has 0 spiro atoms. The fourth-order valence-electron chi connectivity index (χ4n) is 3.32.